The summed E-state index contributed by atoms with van der Waals surface area (Å²) in [7, 11) is 0. The van der Waals surface area contributed by atoms with Crippen molar-refractivity contribution in [3.8, 4) is 0 Å². The van der Waals surface area contributed by atoms with E-state index in [1.54, 1.807) is 0 Å². The molecule has 0 fully saturated rings. The second-order valence-electron chi connectivity index (χ2n) is 4.53. The van der Waals surface area contributed by atoms with Crippen LogP contribution in [0.1, 0.15) is 31.9 Å². The number of nitrogens with two attached hydrogens (primary N) is 2. The van der Waals surface area contributed by atoms with Gasteiger partial charge in [0.15, 0.2) is 0 Å². The van der Waals surface area contributed by atoms with Gasteiger partial charge >= 0.3 is 0 Å². The molecule has 2 nitrogen and oxygen atoms in total. The largest absolute Gasteiger partial charge is 0.398 e. The van der Waals surface area contributed by atoms with Gasteiger partial charge in [0.05, 0.1) is 0 Å². The van der Waals surface area contributed by atoms with Gasteiger partial charge < -0.3 is 11.5 Å². The third-order valence-electron chi connectivity index (χ3n) is 2.35. The molecule has 0 aromatic heterocycles. The molecule has 0 heterocycles. The summed E-state index contributed by atoms with van der Waals surface area (Å²) in [5.74, 6) is 0. The quantitative estimate of drug-likeness (QED) is 0.653. The van der Waals surface area contributed by atoms with Crippen molar-refractivity contribution in [1.29, 1.82) is 0 Å². The number of rotatable bonds is 0. The predicted octanol–water partition coefficient (Wildman–Crippen LogP) is 2.88. The highest BCUT2D eigenvalue weighted by molar-refractivity contribution is 5.85. The Morgan fingerprint density at radius 2 is 1.36 bits per heavy atom. The lowest BCUT2D eigenvalue weighted by Crippen LogP contribution is -2.12. The van der Waals surface area contributed by atoms with Crippen LogP contribution < -0.4 is 11.5 Å². The Morgan fingerprint density at radius 1 is 1.00 bits per heavy atom. The van der Waals surface area contributed by atoms with Gasteiger partial charge in [-0.25, -0.2) is 0 Å². The first kappa shape index (κ1) is 13.1. The Balaban J connectivity index is 0.00000169. The van der Waals surface area contributed by atoms with Crippen molar-refractivity contribution < 1.29 is 0 Å². The van der Waals surface area contributed by atoms with E-state index in [4.69, 9.17) is 11.5 Å². The molecule has 0 amide bonds. The number of nitrogen functional groups attached to an aromatic ring is 2. The van der Waals surface area contributed by atoms with Gasteiger partial charge in [-0.05, 0) is 35.6 Å². The fourth-order valence-electron chi connectivity index (χ4n) is 1.19. The van der Waals surface area contributed by atoms with Crippen LogP contribution in [0.4, 0.5) is 11.4 Å². The molecule has 1 aromatic rings. The maximum absolute atomic E-state index is 5.84. The van der Waals surface area contributed by atoms with Crippen LogP contribution in [0.15, 0.2) is 12.1 Å². The minimum absolute atomic E-state index is 0. The average Bonchev–Trinajstić information content (AvgIpc) is 1.97. The summed E-state index contributed by atoms with van der Waals surface area (Å²) in [5.41, 5.74) is 15.5. The number of benzene rings is 1. The Morgan fingerprint density at radius 3 is 1.64 bits per heavy atom. The van der Waals surface area contributed by atoms with E-state index in [-0.39, 0.29) is 17.8 Å². The zero-order valence-electron chi connectivity index (χ0n) is 9.22. The summed E-state index contributed by atoms with van der Waals surface area (Å²) in [5, 5.41) is 0. The van der Waals surface area contributed by atoms with Gasteiger partial charge in [0, 0.05) is 11.4 Å². The van der Waals surface area contributed by atoms with Crippen LogP contribution in [0.25, 0.3) is 0 Å². The molecule has 0 saturated heterocycles. The molecule has 0 aliphatic carbocycles. The molecule has 0 bridgehead atoms. The fourth-order valence-corrected chi connectivity index (χ4v) is 1.19. The molecule has 0 aliphatic rings. The lowest BCUT2D eigenvalue weighted by Gasteiger charge is -2.21. The molecule has 0 radical (unpaired) electrons. The summed E-state index contributed by atoms with van der Waals surface area (Å²) < 4.78 is 0. The van der Waals surface area contributed by atoms with Gasteiger partial charge in [0.1, 0.15) is 0 Å². The van der Waals surface area contributed by atoms with Crippen LogP contribution in [0, 0.1) is 6.92 Å². The van der Waals surface area contributed by atoms with Gasteiger partial charge in [-0.2, -0.15) is 0 Å². The fraction of sp³-hybridized carbons (Fsp3) is 0.455. The van der Waals surface area contributed by atoms with Crippen LogP contribution in [0.2, 0.25) is 0 Å². The van der Waals surface area contributed by atoms with Crippen LogP contribution in [-0.4, -0.2) is 0 Å². The first-order valence-corrected chi connectivity index (χ1v) is 4.48. The molecule has 0 unspecified atom stereocenters. The van der Waals surface area contributed by atoms with E-state index in [0.29, 0.717) is 0 Å². The molecule has 0 atom stereocenters. The predicted molar refractivity (Wildman–Crippen MR) is 66.0 cm³/mol. The number of hydrogen-bond acceptors (Lipinski definition) is 2. The number of halogens is 1. The third kappa shape index (κ3) is 2.55. The molecule has 80 valence electrons. The second-order valence-corrected chi connectivity index (χ2v) is 4.53. The molecule has 1 rings (SSSR count). The third-order valence-corrected chi connectivity index (χ3v) is 2.35. The molecule has 0 saturated carbocycles. The normalized spacial score (nSPS) is 10.9. The van der Waals surface area contributed by atoms with E-state index in [0.717, 1.165) is 16.9 Å². The summed E-state index contributed by atoms with van der Waals surface area (Å²) in [6.45, 7) is 8.39. The van der Waals surface area contributed by atoms with Crippen molar-refractivity contribution in [3.63, 3.8) is 0 Å². The first-order chi connectivity index (χ1) is 5.82. The van der Waals surface area contributed by atoms with Crippen LogP contribution in [-0.2, 0) is 5.41 Å². The summed E-state index contributed by atoms with van der Waals surface area (Å²) in [6.07, 6.45) is 0. The second kappa shape index (κ2) is 4.09. The minimum Gasteiger partial charge on any atom is -0.398 e. The van der Waals surface area contributed by atoms with Gasteiger partial charge in [-0.15, -0.1) is 12.4 Å². The highest BCUT2D eigenvalue weighted by Crippen LogP contribution is 2.29. The average molecular weight is 215 g/mol. The Labute approximate surface area is 92.1 Å². The lowest BCUT2D eigenvalue weighted by molar-refractivity contribution is 0.590. The van der Waals surface area contributed by atoms with E-state index in [9.17, 15) is 0 Å². The zero-order valence-corrected chi connectivity index (χ0v) is 10.0. The maximum Gasteiger partial charge on any atom is 0.0367 e. The van der Waals surface area contributed by atoms with Crippen LogP contribution in [0.3, 0.4) is 0 Å². The molecule has 0 aliphatic heterocycles. The smallest absolute Gasteiger partial charge is 0.0367 e. The summed E-state index contributed by atoms with van der Waals surface area (Å²) in [6, 6.07) is 4.01. The molecule has 3 heteroatoms. The maximum atomic E-state index is 5.84. The Kier molecular flexibility index (Phi) is 3.83. The molecular weight excluding hydrogens is 196 g/mol. The van der Waals surface area contributed by atoms with Gasteiger partial charge in [-0.3, -0.25) is 0 Å². The first-order valence-electron chi connectivity index (χ1n) is 4.48. The number of hydrogen-bond donors (Lipinski definition) is 2. The van der Waals surface area contributed by atoms with E-state index >= 15 is 0 Å². The van der Waals surface area contributed by atoms with Crippen LogP contribution >= 0.6 is 12.4 Å². The van der Waals surface area contributed by atoms with Crippen molar-refractivity contribution in [2.24, 2.45) is 0 Å². The van der Waals surface area contributed by atoms with Crippen molar-refractivity contribution in [2.45, 2.75) is 33.1 Å². The topological polar surface area (TPSA) is 52.0 Å². The highest BCUT2D eigenvalue weighted by atomic mass is 35.5. The summed E-state index contributed by atoms with van der Waals surface area (Å²) in [4.78, 5) is 0. The van der Waals surface area contributed by atoms with Crippen molar-refractivity contribution in [2.75, 3.05) is 11.5 Å². The molecule has 0 spiro atoms. The molecule has 1 aromatic carbocycles. The standard InChI is InChI=1S/C11H18N2.ClH/c1-7-9(12)5-8(6-10(7)13)11(2,3)4;/h5-6H,12-13H2,1-4H3;1H. The van der Waals surface area contributed by atoms with E-state index < -0.39 is 0 Å². The van der Waals surface area contributed by atoms with Crippen molar-refractivity contribution >= 4 is 23.8 Å². The van der Waals surface area contributed by atoms with E-state index in [1.165, 1.54) is 5.56 Å². The monoisotopic (exact) mass is 214 g/mol. The highest BCUT2D eigenvalue weighted by Gasteiger charge is 2.15. The molecule has 4 N–H and O–H groups in total. The van der Waals surface area contributed by atoms with Crippen molar-refractivity contribution in [1.82, 2.24) is 0 Å². The Hall–Kier alpha value is -0.890. The van der Waals surface area contributed by atoms with E-state index in [1.807, 2.05) is 19.1 Å². The molecule has 14 heavy (non-hydrogen) atoms. The Bertz CT molecular complexity index is 304. The van der Waals surface area contributed by atoms with E-state index in [2.05, 4.69) is 20.8 Å². The van der Waals surface area contributed by atoms with Gasteiger partial charge in [-0.1, -0.05) is 20.8 Å². The number of anilines is 2. The van der Waals surface area contributed by atoms with Gasteiger partial charge in [0.2, 0.25) is 0 Å². The lowest BCUT2D eigenvalue weighted by atomic mass is 9.86. The van der Waals surface area contributed by atoms with Crippen LogP contribution in [0.5, 0.6) is 0 Å². The minimum atomic E-state index is 0. The molecular formula is C11H19ClN2. The van der Waals surface area contributed by atoms with Gasteiger partial charge in [0.25, 0.3) is 0 Å². The summed E-state index contributed by atoms with van der Waals surface area (Å²) >= 11 is 0. The SMILES string of the molecule is Cc1c(N)cc(C(C)(C)C)cc1N.Cl. The van der Waals surface area contributed by atoms with Crippen molar-refractivity contribution in [3.05, 3.63) is 23.3 Å². The zero-order chi connectivity index (χ0) is 10.2.